The third-order valence-corrected chi connectivity index (χ3v) is 5.61. The Morgan fingerprint density at radius 1 is 1.19 bits per heavy atom. The van der Waals surface area contributed by atoms with Gasteiger partial charge < -0.3 is 19.1 Å². The Balaban J connectivity index is 1.85. The van der Waals surface area contributed by atoms with Gasteiger partial charge in [0.2, 0.25) is 5.90 Å². The van der Waals surface area contributed by atoms with Gasteiger partial charge in [-0.05, 0) is 46.1 Å². The molecule has 8 heteroatoms. The van der Waals surface area contributed by atoms with Gasteiger partial charge in [-0.15, -0.1) is 0 Å². The molecule has 170 valence electrons. The molecule has 2 aliphatic rings. The van der Waals surface area contributed by atoms with Gasteiger partial charge in [-0.1, -0.05) is 30.3 Å². The summed E-state index contributed by atoms with van der Waals surface area (Å²) in [5.74, 6) is -0.482. The molecule has 2 fully saturated rings. The van der Waals surface area contributed by atoms with Crippen LogP contribution < -0.4 is 0 Å². The molecule has 0 aliphatic carbocycles. The standard InChI is InChI=1S/C23H33N3O5/c1-6-29-20(27)23(5)26(18(19(24)30-23)16-10-8-7-9-11-16)17-12-14-25(15-13-17)21(28)31-22(2,3)4/h7-11,17-18,24H,6,12-15H2,1-5H3. The van der Waals surface area contributed by atoms with Crippen molar-refractivity contribution in [2.45, 2.75) is 70.9 Å². The lowest BCUT2D eigenvalue weighted by Crippen LogP contribution is -2.57. The highest BCUT2D eigenvalue weighted by atomic mass is 16.6. The number of esters is 1. The summed E-state index contributed by atoms with van der Waals surface area (Å²) in [5, 5.41) is 8.52. The Bertz CT molecular complexity index is 814. The van der Waals surface area contributed by atoms with Crippen LogP contribution in [0.4, 0.5) is 4.79 Å². The maximum Gasteiger partial charge on any atom is 0.410 e. The summed E-state index contributed by atoms with van der Waals surface area (Å²) < 4.78 is 16.7. The minimum atomic E-state index is -1.40. The Morgan fingerprint density at radius 3 is 2.35 bits per heavy atom. The molecular weight excluding hydrogens is 398 g/mol. The third-order valence-electron chi connectivity index (χ3n) is 5.61. The second-order valence-electron chi connectivity index (χ2n) is 9.09. The predicted molar refractivity (Wildman–Crippen MR) is 116 cm³/mol. The molecule has 1 N–H and O–H groups in total. The van der Waals surface area contributed by atoms with E-state index in [-0.39, 0.29) is 24.6 Å². The summed E-state index contributed by atoms with van der Waals surface area (Å²) in [6.45, 7) is 10.2. The molecule has 3 rings (SSSR count). The van der Waals surface area contributed by atoms with Gasteiger partial charge in [0.15, 0.2) is 0 Å². The summed E-state index contributed by atoms with van der Waals surface area (Å²) in [5.41, 5.74) is -1.06. The van der Waals surface area contributed by atoms with Gasteiger partial charge in [0, 0.05) is 26.1 Å². The van der Waals surface area contributed by atoms with Crippen molar-refractivity contribution in [3.63, 3.8) is 0 Å². The van der Waals surface area contributed by atoms with Crippen LogP contribution >= 0.6 is 0 Å². The average Bonchev–Trinajstić information content (AvgIpc) is 2.99. The molecule has 2 atom stereocenters. The zero-order chi connectivity index (χ0) is 22.8. The van der Waals surface area contributed by atoms with Crippen LogP contribution in [0.15, 0.2) is 30.3 Å². The first-order chi connectivity index (χ1) is 14.6. The molecular formula is C23H33N3O5. The molecule has 1 aromatic rings. The highest BCUT2D eigenvalue weighted by Gasteiger charge is 2.58. The van der Waals surface area contributed by atoms with Crippen molar-refractivity contribution in [2.24, 2.45) is 0 Å². The molecule has 0 saturated carbocycles. The van der Waals surface area contributed by atoms with Gasteiger partial charge in [0.25, 0.3) is 5.72 Å². The zero-order valence-corrected chi connectivity index (χ0v) is 19.0. The van der Waals surface area contributed by atoms with E-state index < -0.39 is 23.3 Å². The van der Waals surface area contributed by atoms with Crippen LogP contribution in [0.2, 0.25) is 0 Å². The lowest BCUT2D eigenvalue weighted by atomic mass is 9.96. The second-order valence-corrected chi connectivity index (χ2v) is 9.09. The van der Waals surface area contributed by atoms with Crippen LogP contribution in [0.5, 0.6) is 0 Å². The predicted octanol–water partition coefficient (Wildman–Crippen LogP) is 3.72. The van der Waals surface area contributed by atoms with E-state index in [1.807, 2.05) is 56.0 Å². The van der Waals surface area contributed by atoms with Crippen molar-refractivity contribution in [3.05, 3.63) is 35.9 Å². The summed E-state index contributed by atoms with van der Waals surface area (Å²) >= 11 is 0. The normalized spacial score (nSPS) is 25.3. The molecule has 1 amide bonds. The van der Waals surface area contributed by atoms with Crippen LogP contribution in [0.3, 0.4) is 0 Å². The number of ether oxygens (including phenoxy) is 3. The second kappa shape index (κ2) is 8.86. The number of nitrogens with zero attached hydrogens (tertiary/aromatic N) is 2. The number of carbonyl (C=O) groups excluding carboxylic acids is 2. The molecule has 2 unspecified atom stereocenters. The third kappa shape index (κ3) is 4.84. The van der Waals surface area contributed by atoms with Gasteiger partial charge in [-0.25, -0.2) is 14.5 Å². The first kappa shape index (κ1) is 23.1. The fourth-order valence-electron chi connectivity index (χ4n) is 4.27. The molecule has 1 aromatic carbocycles. The number of carbonyl (C=O) groups is 2. The number of benzene rings is 1. The fraction of sp³-hybridized carbons (Fsp3) is 0.609. The van der Waals surface area contributed by atoms with Gasteiger partial charge in [0.05, 0.1) is 6.61 Å². The molecule has 2 saturated heterocycles. The first-order valence-corrected chi connectivity index (χ1v) is 10.8. The van der Waals surface area contributed by atoms with E-state index >= 15 is 0 Å². The van der Waals surface area contributed by atoms with Crippen molar-refractivity contribution in [1.82, 2.24) is 9.80 Å². The number of amides is 1. The highest BCUT2D eigenvalue weighted by Crippen LogP contribution is 2.43. The quantitative estimate of drug-likeness (QED) is 0.731. The van der Waals surface area contributed by atoms with Crippen LogP contribution in [0.1, 0.15) is 59.1 Å². The molecule has 0 bridgehead atoms. The lowest BCUT2D eigenvalue weighted by Gasteiger charge is -2.43. The number of piperidine rings is 1. The Kier molecular flexibility index (Phi) is 6.59. The highest BCUT2D eigenvalue weighted by molar-refractivity contribution is 5.90. The van der Waals surface area contributed by atoms with Gasteiger partial charge in [-0.2, -0.15) is 0 Å². The number of hydrogen-bond donors (Lipinski definition) is 1. The summed E-state index contributed by atoms with van der Waals surface area (Å²) in [7, 11) is 0. The topological polar surface area (TPSA) is 92.2 Å². The van der Waals surface area contributed by atoms with Gasteiger partial charge >= 0.3 is 12.1 Å². The van der Waals surface area contributed by atoms with E-state index in [0.29, 0.717) is 25.9 Å². The molecule has 8 nitrogen and oxygen atoms in total. The maximum atomic E-state index is 12.9. The maximum absolute atomic E-state index is 12.9. The Labute approximate surface area is 183 Å². The van der Waals surface area contributed by atoms with Crippen molar-refractivity contribution < 1.29 is 23.8 Å². The Hall–Kier alpha value is -2.61. The van der Waals surface area contributed by atoms with E-state index in [1.54, 1.807) is 18.7 Å². The summed E-state index contributed by atoms with van der Waals surface area (Å²) in [6.07, 6.45) is 0.937. The van der Waals surface area contributed by atoms with Crippen LogP contribution in [0.25, 0.3) is 0 Å². The van der Waals surface area contributed by atoms with Crippen molar-refractivity contribution >= 4 is 18.0 Å². The molecule has 2 heterocycles. The van der Waals surface area contributed by atoms with Crippen molar-refractivity contribution in [2.75, 3.05) is 19.7 Å². The lowest BCUT2D eigenvalue weighted by molar-refractivity contribution is -0.180. The first-order valence-electron chi connectivity index (χ1n) is 10.8. The monoisotopic (exact) mass is 431 g/mol. The van der Waals surface area contributed by atoms with E-state index in [2.05, 4.69) is 0 Å². The number of nitrogens with one attached hydrogen (secondary N) is 1. The number of hydrogen-bond acceptors (Lipinski definition) is 7. The molecule has 0 radical (unpaired) electrons. The van der Waals surface area contributed by atoms with Gasteiger partial charge in [-0.3, -0.25) is 5.41 Å². The van der Waals surface area contributed by atoms with E-state index in [9.17, 15) is 9.59 Å². The molecule has 31 heavy (non-hydrogen) atoms. The average molecular weight is 432 g/mol. The van der Waals surface area contributed by atoms with Crippen molar-refractivity contribution in [3.8, 4) is 0 Å². The summed E-state index contributed by atoms with van der Waals surface area (Å²) in [6, 6.07) is 9.04. The molecule has 2 aliphatic heterocycles. The van der Waals surface area contributed by atoms with E-state index in [4.69, 9.17) is 19.6 Å². The molecule has 0 aromatic heterocycles. The summed E-state index contributed by atoms with van der Waals surface area (Å²) in [4.78, 5) is 29.0. The molecule has 0 spiro atoms. The van der Waals surface area contributed by atoms with Gasteiger partial charge in [0.1, 0.15) is 11.6 Å². The number of likely N-dealkylation sites (tertiary alicyclic amines) is 1. The smallest absolute Gasteiger partial charge is 0.410 e. The van der Waals surface area contributed by atoms with Crippen LogP contribution in [-0.2, 0) is 19.0 Å². The Morgan fingerprint density at radius 2 is 1.81 bits per heavy atom. The minimum absolute atomic E-state index is 0.0244. The van der Waals surface area contributed by atoms with E-state index in [0.717, 1.165) is 5.56 Å². The SMILES string of the molecule is CCOC(=O)C1(C)OC(=N)C(c2ccccc2)N1C1CCN(C(=O)OC(C)(C)C)CC1. The zero-order valence-electron chi connectivity index (χ0n) is 19.0. The fourth-order valence-corrected chi connectivity index (χ4v) is 4.27. The van der Waals surface area contributed by atoms with Crippen LogP contribution in [-0.4, -0.2) is 64.8 Å². The number of rotatable bonds is 4. The van der Waals surface area contributed by atoms with Crippen molar-refractivity contribution in [1.29, 1.82) is 5.41 Å². The largest absolute Gasteiger partial charge is 0.462 e. The van der Waals surface area contributed by atoms with E-state index in [1.165, 1.54) is 0 Å². The van der Waals surface area contributed by atoms with Crippen LogP contribution in [0, 0.1) is 5.41 Å². The minimum Gasteiger partial charge on any atom is -0.462 e.